The monoisotopic (exact) mass is 249 g/mol. The number of nitrogens with zero attached hydrogens (tertiary/aromatic N) is 1. The molecule has 0 aromatic carbocycles. The third kappa shape index (κ3) is 2.08. The van der Waals surface area contributed by atoms with Crippen molar-refractivity contribution >= 4 is 17.3 Å². The molecule has 1 aromatic heterocycles. The molecule has 1 heterocycles. The number of hydrogen-bond acceptors (Lipinski definition) is 5. The molecule has 0 aliphatic heterocycles. The molecule has 0 unspecified atom stereocenters. The van der Waals surface area contributed by atoms with Gasteiger partial charge in [0, 0.05) is 6.42 Å². The standard InChI is InChI=1S/C13H15NO4/c1-8-7-14-11(18-8)9-6-13(2,12(16)17-3)5-4-10(9)15/h6-7H,4-5H2,1-3H3/t13-/m1/s1. The van der Waals surface area contributed by atoms with Crippen molar-refractivity contribution < 1.29 is 18.7 Å². The van der Waals surface area contributed by atoms with Gasteiger partial charge >= 0.3 is 5.97 Å². The lowest BCUT2D eigenvalue weighted by Crippen LogP contribution is -2.31. The van der Waals surface area contributed by atoms with Gasteiger partial charge < -0.3 is 9.15 Å². The number of allylic oxidation sites excluding steroid dienone is 1. The molecule has 18 heavy (non-hydrogen) atoms. The second kappa shape index (κ2) is 4.40. The van der Waals surface area contributed by atoms with Crippen LogP contribution in [0.1, 0.15) is 31.4 Å². The van der Waals surface area contributed by atoms with Crippen LogP contribution in [0.5, 0.6) is 0 Å². The predicted octanol–water partition coefficient (Wildman–Crippen LogP) is 1.91. The van der Waals surface area contributed by atoms with Gasteiger partial charge in [0.15, 0.2) is 5.78 Å². The minimum absolute atomic E-state index is 0.0572. The maximum atomic E-state index is 11.9. The van der Waals surface area contributed by atoms with E-state index in [4.69, 9.17) is 9.15 Å². The molecule has 96 valence electrons. The Kier molecular flexibility index (Phi) is 3.07. The summed E-state index contributed by atoms with van der Waals surface area (Å²) in [5.74, 6) is 0.491. The van der Waals surface area contributed by atoms with Gasteiger partial charge in [0.25, 0.3) is 0 Å². The highest BCUT2D eigenvalue weighted by Gasteiger charge is 2.38. The number of methoxy groups -OCH3 is 1. The molecule has 1 atom stereocenters. The van der Waals surface area contributed by atoms with E-state index in [9.17, 15) is 9.59 Å². The topological polar surface area (TPSA) is 69.4 Å². The van der Waals surface area contributed by atoms with Crippen molar-refractivity contribution in [2.75, 3.05) is 7.11 Å². The van der Waals surface area contributed by atoms with Crippen LogP contribution in [-0.2, 0) is 14.3 Å². The summed E-state index contributed by atoms with van der Waals surface area (Å²) in [4.78, 5) is 27.7. The Hall–Kier alpha value is -1.91. The quantitative estimate of drug-likeness (QED) is 0.749. The first-order chi connectivity index (χ1) is 8.46. The molecule has 2 rings (SSSR count). The van der Waals surface area contributed by atoms with Gasteiger partial charge in [-0.25, -0.2) is 4.98 Å². The van der Waals surface area contributed by atoms with Crippen LogP contribution in [0.2, 0.25) is 0 Å². The van der Waals surface area contributed by atoms with Crippen molar-refractivity contribution in [3.63, 3.8) is 0 Å². The summed E-state index contributed by atoms with van der Waals surface area (Å²) < 4.78 is 10.1. The summed E-state index contributed by atoms with van der Waals surface area (Å²) in [5, 5.41) is 0. The first kappa shape index (κ1) is 12.5. The first-order valence-corrected chi connectivity index (χ1v) is 5.73. The Morgan fingerprint density at radius 2 is 2.28 bits per heavy atom. The first-order valence-electron chi connectivity index (χ1n) is 5.73. The SMILES string of the molecule is COC(=O)[C@@]1(C)C=C(c2ncc(C)o2)C(=O)CC1. The fourth-order valence-electron chi connectivity index (χ4n) is 2.03. The molecule has 0 saturated carbocycles. The smallest absolute Gasteiger partial charge is 0.315 e. The van der Waals surface area contributed by atoms with Gasteiger partial charge in [0.2, 0.25) is 5.89 Å². The van der Waals surface area contributed by atoms with E-state index < -0.39 is 5.41 Å². The van der Waals surface area contributed by atoms with E-state index in [1.807, 2.05) is 0 Å². The van der Waals surface area contributed by atoms with Crippen LogP contribution < -0.4 is 0 Å². The fraction of sp³-hybridized carbons (Fsp3) is 0.462. The molecule has 0 saturated heterocycles. The van der Waals surface area contributed by atoms with Crippen molar-refractivity contribution in [1.82, 2.24) is 4.98 Å². The Labute approximate surface area is 105 Å². The minimum Gasteiger partial charge on any atom is -0.468 e. The maximum Gasteiger partial charge on any atom is 0.315 e. The Balaban J connectivity index is 2.43. The third-order valence-corrected chi connectivity index (χ3v) is 3.14. The number of Topliss-reactive ketones (excluding diaryl/α,β-unsaturated/α-hetero) is 1. The number of oxazole rings is 1. The van der Waals surface area contributed by atoms with Gasteiger partial charge in [-0.3, -0.25) is 9.59 Å². The average molecular weight is 249 g/mol. The minimum atomic E-state index is -0.791. The van der Waals surface area contributed by atoms with E-state index in [1.54, 1.807) is 26.1 Å². The lowest BCUT2D eigenvalue weighted by atomic mass is 9.77. The zero-order valence-corrected chi connectivity index (χ0v) is 10.6. The molecule has 5 nitrogen and oxygen atoms in total. The molecule has 1 aliphatic rings. The van der Waals surface area contributed by atoms with Gasteiger partial charge in [-0.2, -0.15) is 0 Å². The number of aryl methyl sites for hydroxylation is 1. The van der Waals surface area contributed by atoms with Crippen molar-refractivity contribution in [3.05, 3.63) is 23.9 Å². The largest absolute Gasteiger partial charge is 0.468 e. The lowest BCUT2D eigenvalue weighted by Gasteiger charge is -2.27. The van der Waals surface area contributed by atoms with Crippen LogP contribution >= 0.6 is 0 Å². The number of rotatable bonds is 2. The van der Waals surface area contributed by atoms with E-state index in [-0.39, 0.29) is 17.6 Å². The summed E-state index contributed by atoms with van der Waals surface area (Å²) in [7, 11) is 1.34. The van der Waals surface area contributed by atoms with E-state index >= 15 is 0 Å². The number of aromatic nitrogens is 1. The zero-order valence-electron chi connectivity index (χ0n) is 10.6. The van der Waals surface area contributed by atoms with Gasteiger partial charge in [-0.05, 0) is 20.3 Å². The van der Waals surface area contributed by atoms with Crippen molar-refractivity contribution in [1.29, 1.82) is 0 Å². The van der Waals surface area contributed by atoms with Crippen LogP contribution in [-0.4, -0.2) is 23.8 Å². The van der Waals surface area contributed by atoms with E-state index in [2.05, 4.69) is 4.98 Å². The highest BCUT2D eigenvalue weighted by Crippen LogP contribution is 2.36. The maximum absolute atomic E-state index is 11.9. The van der Waals surface area contributed by atoms with Crippen molar-refractivity contribution in [2.24, 2.45) is 5.41 Å². The number of carbonyl (C=O) groups excluding carboxylic acids is 2. The molecule has 0 radical (unpaired) electrons. The van der Waals surface area contributed by atoms with E-state index in [1.165, 1.54) is 7.11 Å². The van der Waals surface area contributed by atoms with E-state index in [0.29, 0.717) is 24.2 Å². The molecule has 5 heteroatoms. The highest BCUT2D eigenvalue weighted by atomic mass is 16.5. The number of esters is 1. The van der Waals surface area contributed by atoms with E-state index in [0.717, 1.165) is 0 Å². The summed E-state index contributed by atoms with van der Waals surface area (Å²) in [6.45, 7) is 3.50. The lowest BCUT2D eigenvalue weighted by molar-refractivity contribution is -0.149. The second-order valence-electron chi connectivity index (χ2n) is 4.67. The van der Waals surface area contributed by atoms with Crippen molar-refractivity contribution in [3.8, 4) is 0 Å². The number of ether oxygens (including phenoxy) is 1. The Morgan fingerprint density at radius 1 is 1.56 bits per heavy atom. The predicted molar refractivity (Wildman–Crippen MR) is 63.6 cm³/mol. The normalized spacial score (nSPS) is 23.7. The van der Waals surface area contributed by atoms with Crippen LogP contribution in [0.4, 0.5) is 0 Å². The van der Waals surface area contributed by atoms with Crippen LogP contribution in [0.25, 0.3) is 5.57 Å². The molecule has 0 fully saturated rings. The highest BCUT2D eigenvalue weighted by molar-refractivity contribution is 6.21. The van der Waals surface area contributed by atoms with Gasteiger partial charge in [0.1, 0.15) is 5.76 Å². The fourth-order valence-corrected chi connectivity index (χ4v) is 2.03. The van der Waals surface area contributed by atoms with Gasteiger partial charge in [-0.15, -0.1) is 0 Å². The third-order valence-electron chi connectivity index (χ3n) is 3.14. The Morgan fingerprint density at radius 3 is 2.83 bits per heavy atom. The molecule has 1 aromatic rings. The zero-order chi connectivity index (χ0) is 13.3. The summed E-state index contributed by atoms with van der Waals surface area (Å²) in [5.41, 5.74) is -0.428. The van der Waals surface area contributed by atoms with Crippen molar-refractivity contribution in [2.45, 2.75) is 26.7 Å². The molecular formula is C13H15NO4. The summed E-state index contributed by atoms with van der Waals surface area (Å²) in [6, 6.07) is 0. The second-order valence-corrected chi connectivity index (χ2v) is 4.67. The molecule has 0 spiro atoms. The van der Waals surface area contributed by atoms with Crippen LogP contribution in [0.15, 0.2) is 16.7 Å². The van der Waals surface area contributed by atoms with Crippen LogP contribution in [0, 0.1) is 12.3 Å². The number of hydrogen-bond donors (Lipinski definition) is 0. The summed E-state index contributed by atoms with van der Waals surface area (Å²) in [6.07, 6.45) is 3.89. The Bertz CT molecular complexity index is 529. The molecular weight excluding hydrogens is 234 g/mol. The van der Waals surface area contributed by atoms with Gasteiger partial charge in [0.05, 0.1) is 24.3 Å². The van der Waals surface area contributed by atoms with Gasteiger partial charge in [-0.1, -0.05) is 6.08 Å². The van der Waals surface area contributed by atoms with Crippen LogP contribution in [0.3, 0.4) is 0 Å². The molecule has 0 amide bonds. The molecule has 0 bridgehead atoms. The number of carbonyl (C=O) groups is 2. The molecule has 0 N–H and O–H groups in total. The number of ketones is 1. The summed E-state index contributed by atoms with van der Waals surface area (Å²) >= 11 is 0. The average Bonchev–Trinajstić information content (AvgIpc) is 2.78. The molecule has 1 aliphatic carbocycles.